The normalized spacial score (nSPS) is 23.2. The standard InChI is InChI=1S/C21H23ClN4O2/c1-21(16-6-3-2-4-7-16)19(27)26(20(28)23-21)15-24-10-12-25(13-11-24)18-9-5-8-17(22)14-18/h2-9,14H,10-13,15H2,1H3,(H,23,28)/t21-/m1/s1. The van der Waals surface area contributed by atoms with E-state index in [2.05, 4.69) is 15.1 Å². The number of nitrogens with one attached hydrogen (secondary N) is 1. The lowest BCUT2D eigenvalue weighted by Crippen LogP contribution is -2.51. The van der Waals surface area contributed by atoms with Crippen molar-refractivity contribution in [2.75, 3.05) is 37.7 Å². The minimum Gasteiger partial charge on any atom is -0.369 e. The first-order valence-electron chi connectivity index (χ1n) is 9.40. The molecule has 146 valence electrons. The molecular weight excluding hydrogens is 376 g/mol. The Hall–Kier alpha value is -2.57. The maximum absolute atomic E-state index is 13.0. The second-order valence-electron chi connectivity index (χ2n) is 7.38. The van der Waals surface area contributed by atoms with Gasteiger partial charge in [0.2, 0.25) is 0 Å². The number of hydrogen-bond acceptors (Lipinski definition) is 4. The number of anilines is 1. The zero-order valence-electron chi connectivity index (χ0n) is 15.8. The first-order chi connectivity index (χ1) is 13.5. The van der Waals surface area contributed by atoms with E-state index in [-0.39, 0.29) is 11.9 Å². The van der Waals surface area contributed by atoms with Crippen molar-refractivity contribution in [3.8, 4) is 0 Å². The van der Waals surface area contributed by atoms with Crippen LogP contribution in [0.1, 0.15) is 12.5 Å². The zero-order chi connectivity index (χ0) is 19.7. The Labute approximate surface area is 169 Å². The van der Waals surface area contributed by atoms with Crippen molar-refractivity contribution in [3.63, 3.8) is 0 Å². The van der Waals surface area contributed by atoms with E-state index in [0.29, 0.717) is 6.67 Å². The van der Waals surface area contributed by atoms with Gasteiger partial charge in [0.25, 0.3) is 5.91 Å². The molecule has 0 unspecified atom stereocenters. The fourth-order valence-electron chi connectivity index (χ4n) is 3.81. The number of rotatable bonds is 4. The molecule has 0 saturated carbocycles. The zero-order valence-corrected chi connectivity index (χ0v) is 16.5. The summed E-state index contributed by atoms with van der Waals surface area (Å²) >= 11 is 6.09. The largest absolute Gasteiger partial charge is 0.369 e. The molecule has 6 nitrogen and oxygen atoms in total. The molecular formula is C21H23ClN4O2. The number of benzene rings is 2. The molecule has 4 rings (SSSR count). The summed E-state index contributed by atoms with van der Waals surface area (Å²) in [5.74, 6) is -0.207. The number of urea groups is 1. The smallest absolute Gasteiger partial charge is 0.326 e. The van der Waals surface area contributed by atoms with Gasteiger partial charge in [-0.3, -0.25) is 9.69 Å². The molecule has 3 amide bonds. The predicted molar refractivity (Wildman–Crippen MR) is 109 cm³/mol. The Kier molecular flexibility index (Phi) is 5.00. The van der Waals surface area contributed by atoms with Gasteiger partial charge in [0.05, 0.1) is 6.67 Å². The lowest BCUT2D eigenvalue weighted by molar-refractivity contribution is -0.132. The van der Waals surface area contributed by atoms with Crippen LogP contribution in [0.2, 0.25) is 5.02 Å². The van der Waals surface area contributed by atoms with E-state index in [1.807, 2.05) is 54.6 Å². The third-order valence-electron chi connectivity index (χ3n) is 5.51. The molecule has 2 aromatic rings. The summed E-state index contributed by atoms with van der Waals surface area (Å²) in [5.41, 5.74) is 0.876. The van der Waals surface area contributed by atoms with E-state index in [0.717, 1.165) is 42.5 Å². The molecule has 7 heteroatoms. The van der Waals surface area contributed by atoms with Gasteiger partial charge >= 0.3 is 6.03 Å². The summed E-state index contributed by atoms with van der Waals surface area (Å²) in [6.07, 6.45) is 0. The van der Waals surface area contributed by atoms with E-state index in [1.54, 1.807) is 6.92 Å². The van der Waals surface area contributed by atoms with Crippen LogP contribution in [0.25, 0.3) is 0 Å². The Balaban J connectivity index is 1.40. The Morgan fingerprint density at radius 2 is 1.71 bits per heavy atom. The molecule has 2 aliphatic heterocycles. The van der Waals surface area contributed by atoms with Gasteiger partial charge in [-0.2, -0.15) is 0 Å². The summed E-state index contributed by atoms with van der Waals surface area (Å²) in [4.78, 5) is 31.3. The fraction of sp³-hybridized carbons (Fsp3) is 0.333. The fourth-order valence-corrected chi connectivity index (χ4v) is 4.00. The highest BCUT2D eigenvalue weighted by molar-refractivity contribution is 6.30. The van der Waals surface area contributed by atoms with Gasteiger partial charge in [0.1, 0.15) is 5.54 Å². The average molecular weight is 399 g/mol. The highest BCUT2D eigenvalue weighted by atomic mass is 35.5. The van der Waals surface area contributed by atoms with Crippen molar-refractivity contribution in [3.05, 3.63) is 65.2 Å². The maximum atomic E-state index is 13.0. The van der Waals surface area contributed by atoms with Crippen LogP contribution in [-0.4, -0.2) is 54.6 Å². The van der Waals surface area contributed by atoms with Gasteiger partial charge in [-0.1, -0.05) is 48.0 Å². The quantitative estimate of drug-likeness (QED) is 0.804. The molecule has 1 N–H and O–H groups in total. The monoisotopic (exact) mass is 398 g/mol. The molecule has 1 atom stereocenters. The van der Waals surface area contributed by atoms with Gasteiger partial charge < -0.3 is 10.2 Å². The Morgan fingerprint density at radius 1 is 1.00 bits per heavy atom. The summed E-state index contributed by atoms with van der Waals surface area (Å²) < 4.78 is 0. The first kappa shape index (κ1) is 18.8. The van der Waals surface area contributed by atoms with Crippen LogP contribution >= 0.6 is 11.6 Å². The van der Waals surface area contributed by atoms with Crippen molar-refractivity contribution in [1.29, 1.82) is 0 Å². The summed E-state index contributed by atoms with van der Waals surface area (Å²) in [6.45, 7) is 5.24. The van der Waals surface area contributed by atoms with Crippen molar-refractivity contribution in [1.82, 2.24) is 15.1 Å². The molecule has 2 heterocycles. The summed E-state index contributed by atoms with van der Waals surface area (Å²) in [7, 11) is 0. The minimum absolute atomic E-state index is 0.207. The topological polar surface area (TPSA) is 55.9 Å². The molecule has 0 aromatic heterocycles. The number of amides is 3. The van der Waals surface area contributed by atoms with Gasteiger partial charge in [0, 0.05) is 36.9 Å². The van der Waals surface area contributed by atoms with E-state index in [4.69, 9.17) is 11.6 Å². The SMILES string of the molecule is C[C@]1(c2ccccc2)NC(=O)N(CN2CCN(c3cccc(Cl)c3)CC2)C1=O. The van der Waals surface area contributed by atoms with Gasteiger partial charge in [-0.25, -0.2) is 9.69 Å². The van der Waals surface area contributed by atoms with E-state index in [9.17, 15) is 9.59 Å². The molecule has 2 saturated heterocycles. The third-order valence-corrected chi connectivity index (χ3v) is 5.75. The lowest BCUT2D eigenvalue weighted by atomic mass is 9.92. The molecule has 2 aromatic carbocycles. The van der Waals surface area contributed by atoms with Gasteiger partial charge in [0.15, 0.2) is 0 Å². The number of halogens is 1. The second kappa shape index (κ2) is 7.45. The molecule has 2 fully saturated rings. The number of carbonyl (C=O) groups is 2. The highest BCUT2D eigenvalue weighted by Gasteiger charge is 2.49. The van der Waals surface area contributed by atoms with Gasteiger partial charge in [-0.15, -0.1) is 0 Å². The van der Waals surface area contributed by atoms with Crippen molar-refractivity contribution >= 4 is 29.2 Å². The molecule has 0 spiro atoms. The maximum Gasteiger partial charge on any atom is 0.326 e. The molecule has 0 radical (unpaired) electrons. The van der Waals surface area contributed by atoms with Crippen molar-refractivity contribution < 1.29 is 9.59 Å². The highest BCUT2D eigenvalue weighted by Crippen LogP contribution is 2.29. The summed E-state index contributed by atoms with van der Waals surface area (Å²) in [5, 5.41) is 3.58. The first-order valence-corrected chi connectivity index (χ1v) is 9.78. The van der Waals surface area contributed by atoms with E-state index >= 15 is 0 Å². The molecule has 28 heavy (non-hydrogen) atoms. The third kappa shape index (κ3) is 3.45. The van der Waals surface area contributed by atoms with Crippen LogP contribution in [0.5, 0.6) is 0 Å². The van der Waals surface area contributed by atoms with Crippen LogP contribution < -0.4 is 10.2 Å². The van der Waals surface area contributed by atoms with E-state index in [1.165, 1.54) is 4.90 Å². The van der Waals surface area contributed by atoms with E-state index < -0.39 is 5.54 Å². The molecule has 0 aliphatic carbocycles. The number of hydrogen-bond donors (Lipinski definition) is 1. The number of carbonyl (C=O) groups excluding carboxylic acids is 2. The lowest BCUT2D eigenvalue weighted by Gasteiger charge is -2.37. The number of piperazine rings is 1. The Bertz CT molecular complexity index is 883. The Morgan fingerprint density at radius 3 is 2.39 bits per heavy atom. The van der Waals surface area contributed by atoms with Crippen LogP contribution in [0.4, 0.5) is 10.5 Å². The number of imide groups is 1. The van der Waals surface area contributed by atoms with Crippen LogP contribution in [0, 0.1) is 0 Å². The number of nitrogens with zero attached hydrogens (tertiary/aromatic N) is 3. The minimum atomic E-state index is -1.01. The van der Waals surface area contributed by atoms with Crippen LogP contribution in [0.3, 0.4) is 0 Å². The summed E-state index contributed by atoms with van der Waals surface area (Å²) in [6, 6.07) is 16.8. The average Bonchev–Trinajstić information content (AvgIpc) is 2.93. The molecule has 2 aliphatic rings. The van der Waals surface area contributed by atoms with Gasteiger partial charge in [-0.05, 0) is 30.7 Å². The molecule has 0 bridgehead atoms. The van der Waals surface area contributed by atoms with Crippen LogP contribution in [0.15, 0.2) is 54.6 Å². The second-order valence-corrected chi connectivity index (χ2v) is 7.82. The predicted octanol–water partition coefficient (Wildman–Crippen LogP) is 2.89. The van der Waals surface area contributed by atoms with Crippen molar-refractivity contribution in [2.45, 2.75) is 12.5 Å². The van der Waals surface area contributed by atoms with Crippen LogP contribution in [-0.2, 0) is 10.3 Å². The van der Waals surface area contributed by atoms with Crippen molar-refractivity contribution in [2.24, 2.45) is 0 Å².